The van der Waals surface area contributed by atoms with Gasteiger partial charge in [-0.25, -0.2) is 9.48 Å². The molecule has 1 N–H and O–H groups in total. The maximum absolute atomic E-state index is 13.9. The van der Waals surface area contributed by atoms with Crippen LogP contribution in [0.15, 0.2) is 59.2 Å². The minimum atomic E-state index is -0.548. The first-order valence-corrected chi connectivity index (χ1v) is 12.2. The lowest BCUT2D eigenvalue weighted by atomic mass is 10.0. The Hall–Kier alpha value is -4.44. The van der Waals surface area contributed by atoms with Crippen LogP contribution in [0.25, 0.3) is 16.7 Å². The van der Waals surface area contributed by atoms with Gasteiger partial charge in [0.25, 0.3) is 5.91 Å². The minimum absolute atomic E-state index is 0.0164. The smallest absolute Gasteiger partial charge is 0.359 e. The second kappa shape index (κ2) is 9.21. The number of hydrogen-bond donors (Lipinski definition) is 1. The molecule has 2 amide bonds. The maximum Gasteiger partial charge on any atom is 0.359 e. The van der Waals surface area contributed by atoms with Crippen LogP contribution in [0.1, 0.15) is 33.5 Å². The predicted octanol–water partition coefficient (Wildman–Crippen LogP) is 2.93. The van der Waals surface area contributed by atoms with Crippen LogP contribution in [0.2, 0.25) is 0 Å². The van der Waals surface area contributed by atoms with Gasteiger partial charge in [-0.2, -0.15) is 5.10 Å². The summed E-state index contributed by atoms with van der Waals surface area (Å²) in [7, 11) is 0. The van der Waals surface area contributed by atoms with Crippen molar-refractivity contribution in [2.24, 2.45) is 0 Å². The van der Waals surface area contributed by atoms with Gasteiger partial charge in [0.2, 0.25) is 5.91 Å². The van der Waals surface area contributed by atoms with E-state index in [0.717, 1.165) is 17.6 Å². The first-order chi connectivity index (χ1) is 18.0. The monoisotopic (exact) mass is 499 g/mol. The number of hydrogen-bond acceptors (Lipinski definition) is 7. The first kappa shape index (κ1) is 23.0. The number of carbonyl (C=O) groups is 3. The summed E-state index contributed by atoms with van der Waals surface area (Å²) in [6, 6.07) is 14.7. The summed E-state index contributed by atoms with van der Waals surface area (Å²) >= 11 is 0. The van der Waals surface area contributed by atoms with Gasteiger partial charge in [0.15, 0.2) is 5.69 Å². The van der Waals surface area contributed by atoms with E-state index >= 15 is 0 Å². The second-order valence-electron chi connectivity index (χ2n) is 8.90. The van der Waals surface area contributed by atoms with E-state index in [-0.39, 0.29) is 24.1 Å². The average molecular weight is 500 g/mol. The molecule has 0 bridgehead atoms. The Bertz CT molecular complexity index is 1520. The van der Waals surface area contributed by atoms with Crippen LogP contribution in [-0.4, -0.2) is 60.4 Å². The third-order valence-corrected chi connectivity index (χ3v) is 6.73. The predicted molar refractivity (Wildman–Crippen MR) is 136 cm³/mol. The fourth-order valence-corrected chi connectivity index (χ4v) is 4.93. The molecule has 37 heavy (non-hydrogen) atoms. The number of nitrogens with one attached hydrogen (secondary N) is 1. The highest BCUT2D eigenvalue weighted by atomic mass is 16.5. The Morgan fingerprint density at radius 2 is 1.78 bits per heavy atom. The number of aromatic nitrogens is 2. The van der Waals surface area contributed by atoms with E-state index < -0.39 is 5.97 Å². The highest BCUT2D eigenvalue weighted by Crippen LogP contribution is 2.31. The van der Waals surface area contributed by atoms with E-state index in [1.807, 2.05) is 42.5 Å². The molecule has 2 aromatic heterocycles. The molecule has 6 rings (SSSR count). The fraction of sp³-hybridized carbons (Fsp3) is 0.259. The maximum atomic E-state index is 13.9. The molecular weight excluding hydrogens is 474 g/mol. The van der Waals surface area contributed by atoms with Crippen LogP contribution in [0.5, 0.6) is 0 Å². The fourth-order valence-electron chi connectivity index (χ4n) is 4.93. The number of carbonyl (C=O) groups excluding carboxylic acids is 3. The number of benzene rings is 2. The van der Waals surface area contributed by atoms with Gasteiger partial charge in [0, 0.05) is 42.0 Å². The molecule has 1 fully saturated rings. The van der Waals surface area contributed by atoms with Gasteiger partial charge >= 0.3 is 5.97 Å². The number of anilines is 2. The van der Waals surface area contributed by atoms with E-state index in [4.69, 9.17) is 9.15 Å². The van der Waals surface area contributed by atoms with Crippen molar-refractivity contribution in [2.75, 3.05) is 42.6 Å². The Morgan fingerprint density at radius 1 is 1.03 bits per heavy atom. The summed E-state index contributed by atoms with van der Waals surface area (Å²) in [6.45, 7) is 3.98. The van der Waals surface area contributed by atoms with Crippen LogP contribution in [0.3, 0.4) is 0 Å². The van der Waals surface area contributed by atoms with Crippen LogP contribution in [-0.2, 0) is 16.0 Å². The zero-order valence-electron chi connectivity index (χ0n) is 20.3. The summed E-state index contributed by atoms with van der Waals surface area (Å²) in [4.78, 5) is 42.3. The second-order valence-corrected chi connectivity index (χ2v) is 8.90. The summed E-state index contributed by atoms with van der Waals surface area (Å²) in [5, 5.41) is 8.47. The van der Waals surface area contributed by atoms with Crippen LogP contribution >= 0.6 is 0 Å². The Morgan fingerprint density at radius 3 is 2.54 bits per heavy atom. The van der Waals surface area contributed by atoms with Crippen molar-refractivity contribution >= 4 is 40.1 Å². The largest absolute Gasteiger partial charge is 0.464 e. The Balaban J connectivity index is 1.38. The lowest BCUT2D eigenvalue weighted by Gasteiger charge is -2.30. The molecule has 2 aliphatic rings. The van der Waals surface area contributed by atoms with E-state index in [1.165, 1.54) is 4.68 Å². The third kappa shape index (κ3) is 3.95. The van der Waals surface area contributed by atoms with Gasteiger partial charge in [-0.1, -0.05) is 0 Å². The molecule has 0 spiro atoms. The number of nitrogens with zero attached hydrogens (tertiary/aromatic N) is 4. The summed E-state index contributed by atoms with van der Waals surface area (Å²) < 4.78 is 12.2. The molecule has 10 nitrogen and oxygen atoms in total. The van der Waals surface area contributed by atoms with Gasteiger partial charge in [-0.15, -0.1) is 0 Å². The van der Waals surface area contributed by atoms with Crippen molar-refractivity contribution in [3.63, 3.8) is 0 Å². The number of fused-ring (bicyclic) bond motifs is 2. The number of piperazine rings is 1. The molecule has 2 aromatic carbocycles. The van der Waals surface area contributed by atoms with Gasteiger partial charge < -0.3 is 24.3 Å². The topological polar surface area (TPSA) is 110 Å². The zero-order valence-corrected chi connectivity index (χ0v) is 20.3. The van der Waals surface area contributed by atoms with Crippen LogP contribution in [0.4, 0.5) is 11.4 Å². The molecule has 0 aliphatic carbocycles. The van der Waals surface area contributed by atoms with Gasteiger partial charge in [-0.05, 0) is 61.9 Å². The van der Waals surface area contributed by atoms with Gasteiger partial charge in [-0.3, -0.25) is 9.59 Å². The lowest BCUT2D eigenvalue weighted by Crippen LogP contribution is -2.48. The standard InChI is InChI=1S/C27H25N5O5/c1-2-36-27(35)24-21-9-12-31(19-5-3-18(4-6-19)30-13-11-28-16-23(30)33)26(34)25(21)32(29-24)20-7-8-22-17(15-20)10-14-37-22/h3-8,10,14-15,28H,2,9,11-13,16H2,1H3. The highest BCUT2D eigenvalue weighted by Gasteiger charge is 2.35. The molecule has 0 radical (unpaired) electrons. The van der Waals surface area contributed by atoms with E-state index in [2.05, 4.69) is 10.4 Å². The van der Waals surface area contributed by atoms with Crippen molar-refractivity contribution < 1.29 is 23.5 Å². The van der Waals surface area contributed by atoms with Crippen LogP contribution in [0, 0.1) is 0 Å². The number of amides is 2. The Labute approximate surface area is 212 Å². The summed E-state index contributed by atoms with van der Waals surface area (Å²) in [6.07, 6.45) is 2.04. The number of furan rings is 1. The molecule has 0 saturated carbocycles. The lowest BCUT2D eigenvalue weighted by molar-refractivity contribution is -0.118. The van der Waals surface area contributed by atoms with E-state index in [9.17, 15) is 14.4 Å². The summed E-state index contributed by atoms with van der Waals surface area (Å²) in [5.41, 5.74) is 3.93. The van der Waals surface area contributed by atoms with Crippen LogP contribution < -0.4 is 15.1 Å². The molecular formula is C27H25N5O5. The molecule has 2 aliphatic heterocycles. The average Bonchev–Trinajstić information content (AvgIpc) is 3.54. The molecule has 1 saturated heterocycles. The quantitative estimate of drug-likeness (QED) is 0.421. The van der Waals surface area contributed by atoms with Crippen molar-refractivity contribution in [3.05, 3.63) is 71.7 Å². The number of ether oxygens (including phenoxy) is 1. The van der Waals surface area contributed by atoms with Gasteiger partial charge in [0.1, 0.15) is 11.3 Å². The normalized spacial score (nSPS) is 15.8. The van der Waals surface area contributed by atoms with Crippen molar-refractivity contribution in [2.45, 2.75) is 13.3 Å². The Kier molecular flexibility index (Phi) is 5.72. The van der Waals surface area contributed by atoms with Crippen molar-refractivity contribution in [3.8, 4) is 5.69 Å². The van der Waals surface area contributed by atoms with Crippen molar-refractivity contribution in [1.29, 1.82) is 0 Å². The summed E-state index contributed by atoms with van der Waals surface area (Å²) in [5.74, 6) is -0.793. The van der Waals surface area contributed by atoms with E-state index in [0.29, 0.717) is 54.3 Å². The third-order valence-electron chi connectivity index (χ3n) is 6.73. The highest BCUT2D eigenvalue weighted by molar-refractivity contribution is 6.09. The molecule has 0 atom stereocenters. The number of esters is 1. The van der Waals surface area contributed by atoms with Gasteiger partial charge in [0.05, 0.1) is 25.1 Å². The minimum Gasteiger partial charge on any atom is -0.464 e. The first-order valence-electron chi connectivity index (χ1n) is 12.2. The van der Waals surface area contributed by atoms with Crippen molar-refractivity contribution in [1.82, 2.24) is 15.1 Å². The molecule has 4 heterocycles. The SMILES string of the molecule is CCOC(=O)c1nn(-c2ccc3occc3c2)c2c1CCN(c1ccc(N3CCNCC3=O)cc1)C2=O. The molecule has 4 aromatic rings. The molecule has 0 unspecified atom stereocenters. The number of rotatable bonds is 5. The molecule has 188 valence electrons. The van der Waals surface area contributed by atoms with E-state index in [1.54, 1.807) is 29.1 Å². The zero-order chi connectivity index (χ0) is 25.5. The molecule has 10 heteroatoms.